The number of urea groups is 1. The summed E-state index contributed by atoms with van der Waals surface area (Å²) >= 11 is 12.4. The number of pyridine rings is 2. The van der Waals surface area contributed by atoms with Gasteiger partial charge in [0.2, 0.25) is 6.08 Å². The van der Waals surface area contributed by atoms with Crippen LogP contribution in [0.2, 0.25) is 10.0 Å². The molecule has 6 N–H and O–H groups in total. The predicted octanol–water partition coefficient (Wildman–Crippen LogP) is 9.18. The van der Waals surface area contributed by atoms with Crippen molar-refractivity contribution in [3.63, 3.8) is 0 Å². The fourth-order valence-electron chi connectivity index (χ4n) is 5.58. The highest BCUT2D eigenvalue weighted by atomic mass is 35.5. The monoisotopic (exact) mass is 914 g/mol. The van der Waals surface area contributed by atoms with Crippen molar-refractivity contribution in [2.24, 2.45) is 4.99 Å². The number of hydrogen-bond donors (Lipinski definition) is 6. The summed E-state index contributed by atoms with van der Waals surface area (Å²) in [6, 6.07) is 10.9. The number of hydrogen-bond acceptors (Lipinski definition) is 10. The minimum Gasteiger partial charge on any atom is -0.393 e. The highest BCUT2D eigenvalue weighted by Crippen LogP contribution is 2.33. The van der Waals surface area contributed by atoms with Crippen molar-refractivity contribution in [2.75, 3.05) is 44.7 Å². The normalized spacial score (nSPS) is 14.6. The van der Waals surface area contributed by atoms with Gasteiger partial charge in [0.1, 0.15) is 12.2 Å². The molecule has 0 radical (unpaired) electrons. The molecule has 0 unspecified atom stereocenters. The minimum absolute atomic E-state index is 0. The van der Waals surface area contributed by atoms with Gasteiger partial charge in [-0.05, 0) is 91.2 Å². The number of aliphatic hydroxyl groups excluding tert-OH is 4. The summed E-state index contributed by atoms with van der Waals surface area (Å²) in [6.45, 7) is 1.63. The van der Waals surface area contributed by atoms with E-state index in [0.717, 1.165) is 72.7 Å². The molecule has 2 atom stereocenters. The summed E-state index contributed by atoms with van der Waals surface area (Å²) < 4.78 is 73.8. The van der Waals surface area contributed by atoms with Crippen LogP contribution < -0.4 is 10.6 Å². The molecule has 2 aliphatic heterocycles. The molecule has 0 aliphatic carbocycles. The summed E-state index contributed by atoms with van der Waals surface area (Å²) in [5.41, 5.74) is 3.08. The summed E-state index contributed by atoms with van der Waals surface area (Å²) in [5.74, 6) is 0. The molecule has 20 heteroatoms. The van der Waals surface area contributed by atoms with Gasteiger partial charge in [-0.2, -0.15) is 31.3 Å². The van der Waals surface area contributed by atoms with Gasteiger partial charge >= 0.3 is 18.4 Å². The molecule has 0 bridgehead atoms. The van der Waals surface area contributed by atoms with Crippen LogP contribution in [0.5, 0.6) is 0 Å². The van der Waals surface area contributed by atoms with Crippen LogP contribution in [-0.2, 0) is 17.1 Å². The third-order valence-electron chi connectivity index (χ3n) is 8.84. The number of aliphatic hydroxyl groups is 4. The zero-order chi connectivity index (χ0) is 44.0. The van der Waals surface area contributed by atoms with Crippen LogP contribution in [0.4, 0.5) is 42.5 Å². The molecule has 2 aromatic carbocycles. The molecule has 4 aromatic rings. The van der Waals surface area contributed by atoms with Gasteiger partial charge in [0.05, 0.1) is 51.5 Å². The second-order valence-electron chi connectivity index (χ2n) is 13.0. The number of alkyl halides is 6. The van der Waals surface area contributed by atoms with Crippen molar-refractivity contribution in [3.8, 4) is 0 Å². The van der Waals surface area contributed by atoms with E-state index in [1.165, 1.54) is 35.4 Å². The van der Waals surface area contributed by atoms with Gasteiger partial charge in [-0.15, -0.1) is 0 Å². The number of anilines is 1. The van der Waals surface area contributed by atoms with E-state index in [2.05, 4.69) is 31.7 Å². The number of amides is 2. The van der Waals surface area contributed by atoms with E-state index >= 15 is 0 Å². The summed E-state index contributed by atoms with van der Waals surface area (Å²) in [7, 11) is 0. The Morgan fingerprint density at radius 2 is 1.29 bits per heavy atom. The Labute approximate surface area is 364 Å². The van der Waals surface area contributed by atoms with Crippen molar-refractivity contribution in [1.29, 1.82) is 0 Å². The van der Waals surface area contributed by atoms with Gasteiger partial charge in [-0.3, -0.25) is 9.97 Å². The van der Waals surface area contributed by atoms with Gasteiger partial charge in [-0.25, -0.2) is 9.59 Å². The molecule has 12 nitrogen and oxygen atoms in total. The average Bonchev–Trinajstić information content (AvgIpc) is 3.23. The van der Waals surface area contributed by atoms with Gasteiger partial charge in [0.15, 0.2) is 0 Å². The molecule has 0 saturated heterocycles. The number of nitrogens with zero attached hydrogens (tertiary/aromatic N) is 4. The highest BCUT2D eigenvalue weighted by Gasteiger charge is 2.31. The number of carbonyl (C=O) groups excluding carboxylic acids is 2. The maximum absolute atomic E-state index is 12.6. The maximum atomic E-state index is 12.6. The third-order valence-corrected chi connectivity index (χ3v) is 9.42. The standard InChI is InChI=1S/C20H19ClF3N3O3.C12H15ClN2O2.C8H4F3NO.2CH4/c21-16-9-13(17(29)11-28)10-25-18(16)12-5-7-27(8-6-12)19(30)26-15-3-1-14(2-4-15)20(22,23)24;13-10-5-9(11(17)7-16)6-15-12(10)8-1-3-14-4-2-8;9-8(10,11)6-1-3-7(4-2-6)12-5-13;;/h1-5,9-10,17,28-29H,6-8,11H2,(H,26,30);1,5-6,11,14,16-17H,2-4,7H2;1-4H;2*1H4/t17-;11-;;;/m11.../s1. The molecule has 2 aromatic heterocycles. The van der Waals surface area contributed by atoms with E-state index in [9.17, 15) is 46.1 Å². The van der Waals surface area contributed by atoms with E-state index in [4.69, 9.17) is 33.4 Å². The number of rotatable bonds is 8. The van der Waals surface area contributed by atoms with Crippen LogP contribution in [0.15, 0.2) is 90.2 Å². The lowest BCUT2D eigenvalue weighted by atomic mass is 10.0. The minimum atomic E-state index is -4.43. The van der Waals surface area contributed by atoms with Gasteiger partial charge in [0.25, 0.3) is 0 Å². The summed E-state index contributed by atoms with van der Waals surface area (Å²) in [4.78, 5) is 35.3. The molecule has 0 spiro atoms. The predicted molar refractivity (Wildman–Crippen MR) is 225 cm³/mol. The van der Waals surface area contributed by atoms with Gasteiger partial charge in [-0.1, -0.05) is 50.2 Å². The van der Waals surface area contributed by atoms with Crippen LogP contribution in [0.3, 0.4) is 0 Å². The van der Waals surface area contributed by atoms with Crippen molar-refractivity contribution >= 4 is 57.8 Å². The molecular weight excluding hydrogens is 869 g/mol. The molecule has 0 saturated carbocycles. The van der Waals surface area contributed by atoms with E-state index in [1.807, 2.05) is 0 Å². The first-order valence-corrected chi connectivity index (χ1v) is 18.7. The van der Waals surface area contributed by atoms with Crippen LogP contribution in [0, 0.1) is 0 Å². The van der Waals surface area contributed by atoms with Crippen LogP contribution in [-0.4, -0.2) is 86.8 Å². The first-order chi connectivity index (χ1) is 28.4. The fraction of sp³-hybridized carbons (Fsp3) is 0.333. The Balaban J connectivity index is 0.000000350. The zero-order valence-corrected chi connectivity index (χ0v) is 32.8. The van der Waals surface area contributed by atoms with E-state index in [0.29, 0.717) is 39.8 Å². The number of benzene rings is 2. The summed E-state index contributed by atoms with van der Waals surface area (Å²) in [6.07, 6.45) is -1.29. The molecular formula is C42H46Cl2F6N6O6. The van der Waals surface area contributed by atoms with Crippen LogP contribution >= 0.6 is 23.2 Å². The van der Waals surface area contributed by atoms with Crippen molar-refractivity contribution < 1.29 is 56.4 Å². The quantitative estimate of drug-likeness (QED) is 0.0571. The second kappa shape index (κ2) is 24.5. The molecule has 336 valence electrons. The molecule has 62 heavy (non-hydrogen) atoms. The lowest BCUT2D eigenvalue weighted by molar-refractivity contribution is -0.138. The first kappa shape index (κ1) is 53.0. The van der Waals surface area contributed by atoms with Crippen LogP contribution in [0.1, 0.15) is 73.5 Å². The zero-order valence-electron chi connectivity index (χ0n) is 31.3. The smallest absolute Gasteiger partial charge is 0.393 e. The lowest BCUT2D eigenvalue weighted by Gasteiger charge is -2.27. The number of aliphatic imine (C=N–C) groups is 1. The lowest BCUT2D eigenvalue weighted by Crippen LogP contribution is -2.38. The number of halogens is 8. The topological polar surface area (TPSA) is 181 Å². The van der Waals surface area contributed by atoms with Crippen LogP contribution in [0.25, 0.3) is 11.1 Å². The molecule has 2 aliphatic rings. The van der Waals surface area contributed by atoms with E-state index in [1.54, 1.807) is 18.3 Å². The van der Waals surface area contributed by atoms with Gasteiger partial charge < -0.3 is 36.0 Å². The maximum Gasteiger partial charge on any atom is 0.416 e. The molecule has 2 amide bonds. The summed E-state index contributed by atoms with van der Waals surface area (Å²) in [5, 5.41) is 43.6. The van der Waals surface area contributed by atoms with Gasteiger partial charge in [0, 0.05) is 48.8 Å². The SMILES string of the molecule is C.C.O=C(Nc1ccc(C(F)(F)F)cc1)N1CC=C(c2ncc([C@H](O)CO)cc2Cl)CC1.O=C=Nc1ccc(C(F)(F)F)cc1.OC[C@@H](O)c1cnc(C2=CCNCC2)c(Cl)c1. The number of carbonyl (C=O) groups is 1. The molecule has 0 fully saturated rings. The number of nitrogens with one attached hydrogen (secondary N) is 2. The Hall–Kier alpha value is -5.17. The largest absolute Gasteiger partial charge is 0.416 e. The number of aromatic nitrogens is 2. The van der Waals surface area contributed by atoms with Crippen molar-refractivity contribution in [1.82, 2.24) is 20.2 Å². The Morgan fingerprint density at radius 1 is 0.806 bits per heavy atom. The fourth-order valence-corrected chi connectivity index (χ4v) is 6.17. The Morgan fingerprint density at radius 3 is 1.68 bits per heavy atom. The van der Waals surface area contributed by atoms with E-state index in [-0.39, 0.29) is 39.4 Å². The van der Waals surface area contributed by atoms with E-state index < -0.39 is 48.3 Å². The highest BCUT2D eigenvalue weighted by molar-refractivity contribution is 6.32. The second-order valence-corrected chi connectivity index (χ2v) is 13.8. The van der Waals surface area contributed by atoms with Crippen molar-refractivity contribution in [2.45, 2.75) is 52.3 Å². The molecule has 4 heterocycles. The first-order valence-electron chi connectivity index (χ1n) is 17.9. The Bertz CT molecular complexity index is 2180. The van der Waals surface area contributed by atoms with Crippen molar-refractivity contribution in [3.05, 3.63) is 129 Å². The third kappa shape index (κ3) is 15.3. The molecule has 6 rings (SSSR count). The average molecular weight is 916 g/mol. The Kier molecular flexibility index (Phi) is 20.9. The number of isocyanates is 1.